The predicted molar refractivity (Wildman–Crippen MR) is 131 cm³/mol. The standard InChI is InChI=1S/C24H25N3O7S/c1-32-10-6-9-27-21(29)18-7-4-5-8-19(18)26-24(27)35-14-20(28)25-17-12-15(22(30)33-2)11-16(13-17)23(31)34-3/h4-5,7-8,11-13H,6,9-10,14H2,1-3H3,(H,25,28). The Morgan fingerprint density at radius 3 is 2.29 bits per heavy atom. The molecule has 2 aromatic carbocycles. The first-order chi connectivity index (χ1) is 16.9. The summed E-state index contributed by atoms with van der Waals surface area (Å²) >= 11 is 1.11. The molecule has 0 spiro atoms. The zero-order chi connectivity index (χ0) is 25.4. The second-order valence-corrected chi connectivity index (χ2v) is 8.28. The first-order valence-electron chi connectivity index (χ1n) is 10.6. The Kier molecular flexibility index (Phi) is 8.98. The lowest BCUT2D eigenvalue weighted by molar-refractivity contribution is -0.113. The fourth-order valence-electron chi connectivity index (χ4n) is 3.32. The van der Waals surface area contributed by atoms with Crippen LogP contribution in [0.5, 0.6) is 0 Å². The quantitative estimate of drug-likeness (QED) is 0.194. The molecule has 10 nitrogen and oxygen atoms in total. The third-order valence-electron chi connectivity index (χ3n) is 4.95. The number of benzene rings is 2. The van der Waals surface area contributed by atoms with Gasteiger partial charge in [0.05, 0.1) is 42.0 Å². The first-order valence-corrected chi connectivity index (χ1v) is 11.6. The van der Waals surface area contributed by atoms with Gasteiger partial charge in [-0.3, -0.25) is 14.2 Å². The molecule has 0 aliphatic rings. The van der Waals surface area contributed by atoms with E-state index >= 15 is 0 Å². The van der Waals surface area contributed by atoms with Crippen LogP contribution in [0.25, 0.3) is 10.9 Å². The van der Waals surface area contributed by atoms with Gasteiger partial charge in [-0.05, 0) is 36.8 Å². The molecule has 184 valence electrons. The van der Waals surface area contributed by atoms with Crippen molar-refractivity contribution in [2.45, 2.75) is 18.1 Å². The molecule has 1 N–H and O–H groups in total. The highest BCUT2D eigenvalue weighted by Gasteiger charge is 2.17. The lowest BCUT2D eigenvalue weighted by Gasteiger charge is -2.13. The Bertz CT molecular complexity index is 1270. The molecule has 0 saturated heterocycles. The van der Waals surface area contributed by atoms with E-state index in [-0.39, 0.29) is 28.1 Å². The van der Waals surface area contributed by atoms with Gasteiger partial charge in [-0.25, -0.2) is 14.6 Å². The number of anilines is 1. The molecule has 0 radical (unpaired) electrons. The fourth-order valence-corrected chi connectivity index (χ4v) is 4.15. The molecule has 3 rings (SSSR count). The SMILES string of the molecule is COCCCn1c(SCC(=O)Nc2cc(C(=O)OC)cc(C(=O)OC)c2)nc2ccccc2c1=O. The number of methoxy groups -OCH3 is 3. The van der Waals surface area contributed by atoms with Crippen molar-refractivity contribution in [3.05, 3.63) is 63.9 Å². The van der Waals surface area contributed by atoms with E-state index in [1.807, 2.05) is 0 Å². The summed E-state index contributed by atoms with van der Waals surface area (Å²) in [6.45, 7) is 0.862. The molecule has 35 heavy (non-hydrogen) atoms. The average molecular weight is 500 g/mol. The molecule has 3 aromatic rings. The summed E-state index contributed by atoms with van der Waals surface area (Å²) < 4.78 is 16.1. The number of carbonyl (C=O) groups is 3. The minimum absolute atomic E-state index is 0.0644. The molecule has 1 aromatic heterocycles. The Morgan fingerprint density at radius 2 is 1.66 bits per heavy atom. The zero-order valence-electron chi connectivity index (χ0n) is 19.5. The molecule has 0 aliphatic heterocycles. The van der Waals surface area contributed by atoms with E-state index in [0.717, 1.165) is 11.8 Å². The van der Waals surface area contributed by atoms with Gasteiger partial charge in [0.25, 0.3) is 5.56 Å². The average Bonchev–Trinajstić information content (AvgIpc) is 2.87. The summed E-state index contributed by atoms with van der Waals surface area (Å²) in [6.07, 6.45) is 0.604. The van der Waals surface area contributed by atoms with Gasteiger partial charge < -0.3 is 19.5 Å². The zero-order valence-corrected chi connectivity index (χ0v) is 20.3. The molecule has 0 aliphatic carbocycles. The summed E-state index contributed by atoms with van der Waals surface area (Å²) in [7, 11) is 4.01. The molecule has 1 heterocycles. The van der Waals surface area contributed by atoms with Crippen molar-refractivity contribution >= 4 is 46.2 Å². The van der Waals surface area contributed by atoms with E-state index < -0.39 is 17.8 Å². The fraction of sp³-hybridized carbons (Fsp3) is 0.292. The van der Waals surface area contributed by atoms with Crippen LogP contribution in [0.15, 0.2) is 52.4 Å². The number of amides is 1. The van der Waals surface area contributed by atoms with Gasteiger partial charge in [0.1, 0.15) is 0 Å². The van der Waals surface area contributed by atoms with E-state index in [9.17, 15) is 19.2 Å². The second-order valence-electron chi connectivity index (χ2n) is 7.33. The monoisotopic (exact) mass is 499 g/mol. The van der Waals surface area contributed by atoms with Gasteiger partial charge in [0, 0.05) is 25.9 Å². The van der Waals surface area contributed by atoms with Gasteiger partial charge in [-0.1, -0.05) is 23.9 Å². The normalized spacial score (nSPS) is 10.7. The lowest BCUT2D eigenvalue weighted by atomic mass is 10.1. The number of aromatic nitrogens is 2. The van der Waals surface area contributed by atoms with Crippen molar-refractivity contribution < 1.29 is 28.6 Å². The number of thioether (sulfide) groups is 1. The van der Waals surface area contributed by atoms with Crippen molar-refractivity contribution in [2.24, 2.45) is 0 Å². The smallest absolute Gasteiger partial charge is 0.337 e. The molecular formula is C24H25N3O7S. The van der Waals surface area contributed by atoms with Crippen LogP contribution in [-0.2, 0) is 25.5 Å². The highest BCUT2D eigenvalue weighted by atomic mass is 32.2. The lowest BCUT2D eigenvalue weighted by Crippen LogP contribution is -2.25. The van der Waals surface area contributed by atoms with Crippen LogP contribution >= 0.6 is 11.8 Å². The Hall–Kier alpha value is -3.70. The number of rotatable bonds is 10. The maximum atomic E-state index is 13.0. The number of para-hydroxylation sites is 1. The minimum atomic E-state index is -0.666. The van der Waals surface area contributed by atoms with Gasteiger partial charge in [0.2, 0.25) is 5.91 Å². The van der Waals surface area contributed by atoms with Crippen LogP contribution in [0.4, 0.5) is 5.69 Å². The van der Waals surface area contributed by atoms with E-state index in [0.29, 0.717) is 35.6 Å². The molecule has 0 unspecified atom stereocenters. The third-order valence-corrected chi connectivity index (χ3v) is 5.92. The molecule has 11 heteroatoms. The minimum Gasteiger partial charge on any atom is -0.465 e. The van der Waals surface area contributed by atoms with Gasteiger partial charge in [0.15, 0.2) is 5.16 Å². The van der Waals surface area contributed by atoms with E-state index in [1.165, 1.54) is 37.0 Å². The van der Waals surface area contributed by atoms with Gasteiger partial charge in [-0.15, -0.1) is 0 Å². The number of esters is 2. The summed E-state index contributed by atoms with van der Waals surface area (Å²) in [5.74, 6) is -1.81. The second kappa shape index (κ2) is 12.1. The van der Waals surface area contributed by atoms with Gasteiger partial charge >= 0.3 is 11.9 Å². The molecule has 0 atom stereocenters. The number of hydrogen-bond donors (Lipinski definition) is 1. The summed E-state index contributed by atoms with van der Waals surface area (Å²) in [6, 6.07) is 11.1. The topological polar surface area (TPSA) is 126 Å². The number of fused-ring (bicyclic) bond motifs is 1. The number of nitrogens with zero attached hydrogens (tertiary/aromatic N) is 2. The van der Waals surface area contributed by atoms with E-state index in [2.05, 4.69) is 10.3 Å². The van der Waals surface area contributed by atoms with Crippen LogP contribution in [0.1, 0.15) is 27.1 Å². The Morgan fingerprint density at radius 1 is 1.00 bits per heavy atom. The number of nitrogens with one attached hydrogen (secondary N) is 1. The largest absolute Gasteiger partial charge is 0.465 e. The summed E-state index contributed by atoms with van der Waals surface area (Å²) in [5, 5.41) is 3.56. The molecule has 0 saturated carbocycles. The van der Waals surface area contributed by atoms with Crippen molar-refractivity contribution in [1.82, 2.24) is 9.55 Å². The first kappa shape index (κ1) is 25.9. The maximum absolute atomic E-state index is 13.0. The van der Waals surface area contributed by atoms with Crippen LogP contribution in [0.2, 0.25) is 0 Å². The summed E-state index contributed by atoms with van der Waals surface area (Å²) in [4.78, 5) is 54.2. The highest BCUT2D eigenvalue weighted by Crippen LogP contribution is 2.20. The van der Waals surface area contributed by atoms with Crippen molar-refractivity contribution in [3.8, 4) is 0 Å². The maximum Gasteiger partial charge on any atom is 0.337 e. The molecule has 1 amide bonds. The molecule has 0 bridgehead atoms. The van der Waals surface area contributed by atoms with Crippen LogP contribution in [-0.4, -0.2) is 61.1 Å². The van der Waals surface area contributed by atoms with E-state index in [1.54, 1.807) is 31.4 Å². The van der Waals surface area contributed by atoms with Crippen LogP contribution < -0.4 is 10.9 Å². The third kappa shape index (κ3) is 6.46. The van der Waals surface area contributed by atoms with Crippen LogP contribution in [0, 0.1) is 0 Å². The number of carbonyl (C=O) groups excluding carboxylic acids is 3. The van der Waals surface area contributed by atoms with Crippen molar-refractivity contribution in [3.63, 3.8) is 0 Å². The predicted octanol–water partition coefficient (Wildman–Crippen LogP) is 2.74. The summed E-state index contributed by atoms with van der Waals surface area (Å²) in [5.41, 5.74) is 0.742. The highest BCUT2D eigenvalue weighted by molar-refractivity contribution is 7.99. The van der Waals surface area contributed by atoms with Gasteiger partial charge in [-0.2, -0.15) is 0 Å². The van der Waals surface area contributed by atoms with E-state index in [4.69, 9.17) is 14.2 Å². The Balaban J connectivity index is 1.82. The van der Waals surface area contributed by atoms with Crippen LogP contribution in [0.3, 0.4) is 0 Å². The number of hydrogen-bond acceptors (Lipinski definition) is 9. The number of ether oxygens (including phenoxy) is 3. The molecular weight excluding hydrogens is 474 g/mol. The molecule has 0 fully saturated rings. The van der Waals surface area contributed by atoms with Crippen molar-refractivity contribution in [2.75, 3.05) is 39.0 Å². The Labute approximate surface area is 205 Å². The van der Waals surface area contributed by atoms with Crippen molar-refractivity contribution in [1.29, 1.82) is 0 Å².